The first-order valence-electron chi connectivity index (χ1n) is 8.83. The van der Waals surface area contributed by atoms with Gasteiger partial charge in [-0.25, -0.2) is 10.2 Å². The second kappa shape index (κ2) is 9.01. The van der Waals surface area contributed by atoms with Crippen molar-refractivity contribution in [1.29, 1.82) is 0 Å². The van der Waals surface area contributed by atoms with E-state index in [1.54, 1.807) is 30.3 Å². The molecule has 0 bridgehead atoms. The Morgan fingerprint density at radius 3 is 2.77 bits per heavy atom. The van der Waals surface area contributed by atoms with Gasteiger partial charge in [-0.15, -0.1) is 10.2 Å². The van der Waals surface area contributed by atoms with Crippen molar-refractivity contribution in [2.24, 2.45) is 5.10 Å². The molecule has 0 aliphatic carbocycles. The van der Waals surface area contributed by atoms with Crippen LogP contribution in [0.1, 0.15) is 10.6 Å². The molecule has 0 fully saturated rings. The van der Waals surface area contributed by atoms with Gasteiger partial charge in [0.2, 0.25) is 17.8 Å². The van der Waals surface area contributed by atoms with Gasteiger partial charge in [0.1, 0.15) is 5.01 Å². The van der Waals surface area contributed by atoms with Gasteiger partial charge in [0.25, 0.3) is 0 Å². The van der Waals surface area contributed by atoms with Crippen molar-refractivity contribution < 1.29 is 19.1 Å². The number of nitrogens with zero attached hydrogens (tertiary/aromatic N) is 3. The second-order valence-electron chi connectivity index (χ2n) is 6.03. The van der Waals surface area contributed by atoms with Crippen LogP contribution < -0.4 is 25.5 Å². The maximum Gasteiger partial charge on any atom is 0.325 e. The summed E-state index contributed by atoms with van der Waals surface area (Å²) in [5.41, 5.74) is 3.84. The lowest BCUT2D eigenvalue weighted by atomic mass is 10.2. The molecule has 1 aliphatic heterocycles. The number of aromatic nitrogens is 2. The van der Waals surface area contributed by atoms with Crippen molar-refractivity contribution in [3.8, 4) is 11.5 Å². The Bertz CT molecular complexity index is 1090. The van der Waals surface area contributed by atoms with Crippen LogP contribution in [0.15, 0.2) is 53.6 Å². The number of amides is 3. The Balaban J connectivity index is 1.25. The van der Waals surface area contributed by atoms with Crippen LogP contribution in [-0.2, 0) is 11.2 Å². The molecule has 2 heterocycles. The average Bonchev–Trinajstić information content (AvgIpc) is 3.37. The molecule has 1 aliphatic rings. The predicted molar refractivity (Wildman–Crippen MR) is 111 cm³/mol. The van der Waals surface area contributed by atoms with Crippen molar-refractivity contribution in [3.63, 3.8) is 0 Å². The monoisotopic (exact) mass is 424 g/mol. The highest BCUT2D eigenvalue weighted by Gasteiger charge is 2.13. The van der Waals surface area contributed by atoms with Gasteiger partial charge in [0, 0.05) is 5.69 Å². The zero-order valence-corrected chi connectivity index (χ0v) is 16.3. The fraction of sp³-hybridized carbons (Fsp3) is 0.105. The Kier molecular flexibility index (Phi) is 5.80. The van der Waals surface area contributed by atoms with Crippen molar-refractivity contribution in [1.82, 2.24) is 15.6 Å². The number of rotatable bonds is 6. The highest BCUT2D eigenvalue weighted by atomic mass is 32.1. The standard InChI is InChI=1S/C19H16N6O4S/c26-16(23-20-10-12-6-7-14-15(8-12)29-11-28-14)9-17-24-25-19(30-17)22-18(27)21-13-4-2-1-3-5-13/h1-8,10H,9,11H2,(H,23,26)(H2,21,22,25,27)/b20-10+. The summed E-state index contributed by atoms with van der Waals surface area (Å²) in [5, 5.41) is 17.7. The molecular weight excluding hydrogens is 408 g/mol. The predicted octanol–water partition coefficient (Wildman–Crippen LogP) is 2.60. The Morgan fingerprint density at radius 1 is 1.07 bits per heavy atom. The van der Waals surface area contributed by atoms with E-state index in [1.165, 1.54) is 6.21 Å². The molecule has 0 spiro atoms. The van der Waals surface area contributed by atoms with Gasteiger partial charge in [0.05, 0.1) is 12.6 Å². The molecule has 10 nitrogen and oxygen atoms in total. The summed E-state index contributed by atoms with van der Waals surface area (Å²) in [6, 6.07) is 13.9. The number of hydrazone groups is 1. The summed E-state index contributed by atoms with van der Waals surface area (Å²) in [4.78, 5) is 24.0. The fourth-order valence-electron chi connectivity index (χ4n) is 2.51. The van der Waals surface area contributed by atoms with E-state index < -0.39 is 6.03 Å². The van der Waals surface area contributed by atoms with Crippen LogP contribution in [0.5, 0.6) is 11.5 Å². The van der Waals surface area contributed by atoms with E-state index >= 15 is 0 Å². The molecule has 0 saturated carbocycles. The quantitative estimate of drug-likeness (QED) is 0.412. The zero-order valence-electron chi connectivity index (χ0n) is 15.5. The highest BCUT2D eigenvalue weighted by Crippen LogP contribution is 2.31. The molecule has 0 atom stereocenters. The first-order valence-corrected chi connectivity index (χ1v) is 9.64. The van der Waals surface area contributed by atoms with Gasteiger partial charge in [-0.3, -0.25) is 10.1 Å². The normalized spacial score (nSPS) is 12.0. The molecule has 152 valence electrons. The number of hydrogen-bond donors (Lipinski definition) is 3. The highest BCUT2D eigenvalue weighted by molar-refractivity contribution is 7.15. The molecule has 0 radical (unpaired) electrons. The Morgan fingerprint density at radius 2 is 1.90 bits per heavy atom. The topological polar surface area (TPSA) is 127 Å². The van der Waals surface area contributed by atoms with E-state index in [-0.39, 0.29) is 24.3 Å². The number of fused-ring (bicyclic) bond motifs is 1. The number of anilines is 2. The smallest absolute Gasteiger partial charge is 0.325 e. The van der Waals surface area contributed by atoms with Crippen LogP contribution in [0, 0.1) is 0 Å². The van der Waals surface area contributed by atoms with Crippen LogP contribution in [0.25, 0.3) is 0 Å². The van der Waals surface area contributed by atoms with E-state index in [9.17, 15) is 9.59 Å². The fourth-order valence-corrected chi connectivity index (χ4v) is 3.24. The summed E-state index contributed by atoms with van der Waals surface area (Å²) in [6.45, 7) is 0.194. The number of para-hydroxylation sites is 1. The van der Waals surface area contributed by atoms with Crippen LogP contribution in [-0.4, -0.2) is 35.1 Å². The number of ether oxygens (including phenoxy) is 2. The third kappa shape index (κ3) is 5.08. The van der Waals surface area contributed by atoms with Crippen LogP contribution in [0.4, 0.5) is 15.6 Å². The average molecular weight is 424 g/mol. The molecule has 1 aromatic heterocycles. The largest absolute Gasteiger partial charge is 0.454 e. The first kappa shape index (κ1) is 19.3. The minimum Gasteiger partial charge on any atom is -0.454 e. The van der Waals surface area contributed by atoms with E-state index in [1.807, 2.05) is 18.2 Å². The van der Waals surface area contributed by atoms with Crippen molar-refractivity contribution in [2.75, 3.05) is 17.4 Å². The molecule has 3 N–H and O–H groups in total. The zero-order chi connectivity index (χ0) is 20.8. The number of hydrogen-bond acceptors (Lipinski definition) is 8. The van der Waals surface area contributed by atoms with Crippen LogP contribution >= 0.6 is 11.3 Å². The number of nitrogens with one attached hydrogen (secondary N) is 3. The van der Waals surface area contributed by atoms with Gasteiger partial charge >= 0.3 is 6.03 Å². The molecule has 0 saturated heterocycles. The van der Waals surface area contributed by atoms with E-state index in [0.29, 0.717) is 22.2 Å². The first-order chi connectivity index (χ1) is 14.7. The lowest BCUT2D eigenvalue weighted by Gasteiger charge is -2.03. The molecular formula is C19H16N6O4S. The minimum atomic E-state index is -0.443. The lowest BCUT2D eigenvalue weighted by molar-refractivity contribution is -0.120. The van der Waals surface area contributed by atoms with E-state index in [0.717, 1.165) is 16.9 Å². The molecule has 3 amide bonds. The summed E-state index contributed by atoms with van der Waals surface area (Å²) in [5.74, 6) is 0.952. The number of carbonyl (C=O) groups excluding carboxylic acids is 2. The van der Waals surface area contributed by atoms with Crippen LogP contribution in [0.3, 0.4) is 0 Å². The second-order valence-corrected chi connectivity index (χ2v) is 7.09. The number of urea groups is 1. The SMILES string of the molecule is O=C(Cc1nnc(NC(=O)Nc2ccccc2)s1)N/N=C/c1ccc2c(c1)OCO2. The summed E-state index contributed by atoms with van der Waals surface area (Å²) < 4.78 is 10.5. The molecule has 4 rings (SSSR count). The number of carbonyl (C=O) groups is 2. The maximum atomic E-state index is 12.0. The van der Waals surface area contributed by atoms with Gasteiger partial charge in [-0.2, -0.15) is 5.10 Å². The van der Waals surface area contributed by atoms with Crippen molar-refractivity contribution in [3.05, 3.63) is 59.1 Å². The van der Waals surface area contributed by atoms with Gasteiger partial charge < -0.3 is 14.8 Å². The van der Waals surface area contributed by atoms with Crippen molar-refractivity contribution in [2.45, 2.75) is 6.42 Å². The number of benzene rings is 2. The molecule has 2 aromatic carbocycles. The molecule has 3 aromatic rings. The summed E-state index contributed by atoms with van der Waals surface area (Å²) in [6.07, 6.45) is 1.49. The summed E-state index contributed by atoms with van der Waals surface area (Å²) in [7, 11) is 0. The van der Waals surface area contributed by atoms with E-state index in [4.69, 9.17) is 9.47 Å². The third-order valence-electron chi connectivity index (χ3n) is 3.83. The maximum absolute atomic E-state index is 12.0. The third-order valence-corrected chi connectivity index (χ3v) is 4.67. The summed E-state index contributed by atoms with van der Waals surface area (Å²) >= 11 is 1.11. The molecule has 11 heteroatoms. The van der Waals surface area contributed by atoms with Crippen molar-refractivity contribution >= 4 is 40.3 Å². The van der Waals surface area contributed by atoms with E-state index in [2.05, 4.69) is 31.4 Å². The van der Waals surface area contributed by atoms with Gasteiger partial charge in [-0.05, 0) is 35.9 Å². The Hall–Kier alpha value is -3.99. The lowest BCUT2D eigenvalue weighted by Crippen LogP contribution is -2.19. The van der Waals surface area contributed by atoms with Gasteiger partial charge in [0.15, 0.2) is 11.5 Å². The van der Waals surface area contributed by atoms with Gasteiger partial charge in [-0.1, -0.05) is 29.5 Å². The Labute approximate surface area is 174 Å². The van der Waals surface area contributed by atoms with Crippen LogP contribution in [0.2, 0.25) is 0 Å². The molecule has 0 unspecified atom stereocenters. The minimum absolute atomic E-state index is 0.0157. The molecule has 30 heavy (non-hydrogen) atoms.